The monoisotopic (exact) mass is 545 g/mol. The van der Waals surface area contributed by atoms with Crippen molar-refractivity contribution in [2.24, 2.45) is 0 Å². The van der Waals surface area contributed by atoms with Crippen molar-refractivity contribution in [3.05, 3.63) is 62.6 Å². The van der Waals surface area contributed by atoms with E-state index in [0.717, 1.165) is 38.9 Å². The summed E-state index contributed by atoms with van der Waals surface area (Å²) in [5.74, 6) is 1.09. The summed E-state index contributed by atoms with van der Waals surface area (Å²) in [4.78, 5) is 19.6. The Morgan fingerprint density at radius 2 is 2.03 bits per heavy atom. The van der Waals surface area contributed by atoms with Crippen LogP contribution in [0.4, 0.5) is 5.95 Å². The molecule has 2 aromatic heterocycles. The fourth-order valence-corrected chi connectivity index (χ4v) is 3.69. The molecule has 0 unspecified atom stereocenters. The predicted octanol–water partition coefficient (Wildman–Crippen LogP) is 4.16. The highest BCUT2D eigenvalue weighted by Gasteiger charge is 2.17. The van der Waals surface area contributed by atoms with E-state index in [9.17, 15) is 4.79 Å². The van der Waals surface area contributed by atoms with Gasteiger partial charge in [-0.05, 0) is 68.5 Å². The minimum absolute atomic E-state index is 0. The normalized spacial score (nSPS) is 10.4. The molecule has 4 N–H and O–H groups in total. The Hall–Kier alpha value is -1.97. The molecule has 29 heavy (non-hydrogen) atoms. The van der Waals surface area contributed by atoms with Gasteiger partial charge in [-0.2, -0.15) is 0 Å². The maximum atomic E-state index is 12.7. The van der Waals surface area contributed by atoms with Crippen LogP contribution in [0, 0.1) is 0 Å². The number of ether oxygens (including phenoxy) is 1. The average molecular weight is 548 g/mol. The standard InChI is InChI=1S/C19H21Br2N5O2.ClH/c1-28-14-6-4-12(5-7-14)11-26-16(9-15(20)17(26)21)18(27)23-8-2-3-13-10-24-19(22)25-13;/h4-7,9-10H,2-3,8,11H2,1H3,(H,23,27)(H3,22,24,25);1H. The molecule has 1 aromatic carbocycles. The summed E-state index contributed by atoms with van der Waals surface area (Å²) >= 11 is 7.05. The van der Waals surface area contributed by atoms with Gasteiger partial charge in [0, 0.05) is 18.8 Å². The van der Waals surface area contributed by atoms with Crippen LogP contribution in [0.5, 0.6) is 5.75 Å². The lowest BCUT2D eigenvalue weighted by Gasteiger charge is -2.12. The molecule has 0 saturated carbocycles. The SMILES string of the molecule is COc1ccc(Cn2c(C(=O)NCCCc3cnc(N)[nH]3)cc(Br)c2Br)cc1.Cl. The molecule has 0 radical (unpaired) electrons. The number of halogens is 3. The van der Waals surface area contributed by atoms with Crippen molar-refractivity contribution >= 4 is 56.1 Å². The Labute approximate surface area is 192 Å². The number of carbonyl (C=O) groups is 1. The second kappa shape index (κ2) is 10.7. The predicted molar refractivity (Wildman–Crippen MR) is 123 cm³/mol. The Morgan fingerprint density at radius 1 is 1.31 bits per heavy atom. The van der Waals surface area contributed by atoms with E-state index in [1.165, 1.54) is 0 Å². The number of nitrogens with one attached hydrogen (secondary N) is 2. The molecular formula is C19H22Br2ClN5O2. The van der Waals surface area contributed by atoms with Crippen molar-refractivity contribution < 1.29 is 9.53 Å². The van der Waals surface area contributed by atoms with E-state index in [4.69, 9.17) is 10.5 Å². The fourth-order valence-electron chi connectivity index (χ4n) is 2.82. The number of nitrogens with two attached hydrogens (primary N) is 1. The molecule has 1 amide bonds. The first-order chi connectivity index (χ1) is 13.5. The van der Waals surface area contributed by atoms with E-state index in [-0.39, 0.29) is 18.3 Å². The second-order valence-electron chi connectivity index (χ2n) is 6.26. The number of hydrogen-bond acceptors (Lipinski definition) is 4. The summed E-state index contributed by atoms with van der Waals surface area (Å²) in [5.41, 5.74) is 8.17. The number of amides is 1. The smallest absolute Gasteiger partial charge is 0.267 e. The van der Waals surface area contributed by atoms with Gasteiger partial charge < -0.3 is 25.3 Å². The van der Waals surface area contributed by atoms with Gasteiger partial charge in [0.25, 0.3) is 5.91 Å². The van der Waals surface area contributed by atoms with E-state index in [1.807, 2.05) is 34.9 Å². The number of anilines is 1. The molecule has 0 bridgehead atoms. The quantitative estimate of drug-likeness (QED) is 0.369. The molecule has 3 rings (SSSR count). The summed E-state index contributed by atoms with van der Waals surface area (Å²) in [6.45, 7) is 1.12. The number of rotatable bonds is 8. The van der Waals surface area contributed by atoms with Gasteiger partial charge in [-0.15, -0.1) is 12.4 Å². The van der Waals surface area contributed by atoms with Gasteiger partial charge >= 0.3 is 0 Å². The highest BCUT2D eigenvalue weighted by Crippen LogP contribution is 2.28. The Bertz CT molecular complexity index is 956. The number of carbonyl (C=O) groups excluding carboxylic acids is 1. The first-order valence-corrected chi connectivity index (χ1v) is 10.3. The van der Waals surface area contributed by atoms with E-state index in [0.29, 0.717) is 24.7 Å². The number of methoxy groups -OCH3 is 1. The topological polar surface area (TPSA) is 98.0 Å². The molecule has 0 spiro atoms. The third-order valence-electron chi connectivity index (χ3n) is 4.28. The van der Waals surface area contributed by atoms with E-state index < -0.39 is 0 Å². The molecule has 156 valence electrons. The third kappa shape index (κ3) is 6.01. The molecule has 3 aromatic rings. The van der Waals surface area contributed by atoms with Gasteiger partial charge in [0.05, 0.1) is 22.4 Å². The summed E-state index contributed by atoms with van der Waals surface area (Å²) in [6.07, 6.45) is 3.27. The molecule has 2 heterocycles. The summed E-state index contributed by atoms with van der Waals surface area (Å²) in [5, 5.41) is 2.97. The Balaban J connectivity index is 0.00000300. The van der Waals surface area contributed by atoms with E-state index in [2.05, 4.69) is 47.1 Å². The van der Waals surface area contributed by atoms with Crippen molar-refractivity contribution in [2.45, 2.75) is 19.4 Å². The van der Waals surface area contributed by atoms with Crippen LogP contribution in [0.1, 0.15) is 28.2 Å². The third-order valence-corrected chi connectivity index (χ3v) is 6.27. The molecule has 0 fully saturated rings. The van der Waals surface area contributed by atoms with Gasteiger partial charge in [-0.3, -0.25) is 4.79 Å². The fraction of sp³-hybridized carbons (Fsp3) is 0.263. The first-order valence-electron chi connectivity index (χ1n) is 8.73. The van der Waals surface area contributed by atoms with Crippen LogP contribution in [0.3, 0.4) is 0 Å². The van der Waals surface area contributed by atoms with Crippen LogP contribution in [0.25, 0.3) is 0 Å². The lowest BCUT2D eigenvalue weighted by molar-refractivity contribution is 0.0944. The van der Waals surface area contributed by atoms with E-state index in [1.54, 1.807) is 13.3 Å². The number of H-pyrrole nitrogens is 1. The molecule has 0 aliphatic heterocycles. The van der Waals surface area contributed by atoms with Gasteiger partial charge in [-0.25, -0.2) is 4.98 Å². The summed E-state index contributed by atoms with van der Waals surface area (Å²) in [7, 11) is 1.64. The molecule has 10 heteroatoms. The van der Waals surface area contributed by atoms with Crippen LogP contribution >= 0.6 is 44.3 Å². The van der Waals surface area contributed by atoms with Gasteiger partial charge in [-0.1, -0.05) is 12.1 Å². The number of nitrogen functional groups attached to an aromatic ring is 1. The lowest BCUT2D eigenvalue weighted by Crippen LogP contribution is -2.27. The van der Waals surface area contributed by atoms with Crippen LogP contribution in [-0.2, 0) is 13.0 Å². The van der Waals surface area contributed by atoms with Crippen LogP contribution in [0.2, 0.25) is 0 Å². The second-order valence-corrected chi connectivity index (χ2v) is 7.86. The zero-order valence-electron chi connectivity index (χ0n) is 15.7. The minimum Gasteiger partial charge on any atom is -0.497 e. The van der Waals surface area contributed by atoms with Gasteiger partial charge in [0.2, 0.25) is 0 Å². The van der Waals surface area contributed by atoms with Crippen molar-refractivity contribution in [1.29, 1.82) is 0 Å². The van der Waals surface area contributed by atoms with Crippen LogP contribution in [0.15, 0.2) is 45.6 Å². The highest BCUT2D eigenvalue weighted by atomic mass is 79.9. The molecule has 0 saturated heterocycles. The van der Waals surface area contributed by atoms with Gasteiger partial charge in [0.1, 0.15) is 11.4 Å². The largest absolute Gasteiger partial charge is 0.497 e. The van der Waals surface area contributed by atoms with Gasteiger partial charge in [0.15, 0.2) is 5.95 Å². The number of aromatic nitrogens is 3. The van der Waals surface area contributed by atoms with Crippen molar-refractivity contribution in [2.75, 3.05) is 19.4 Å². The molecule has 0 atom stereocenters. The van der Waals surface area contributed by atoms with Crippen LogP contribution < -0.4 is 15.8 Å². The number of imidazole rings is 1. The first kappa shape index (κ1) is 23.3. The molecule has 0 aliphatic rings. The van der Waals surface area contributed by atoms with Crippen molar-refractivity contribution in [1.82, 2.24) is 19.9 Å². The number of nitrogens with zero attached hydrogens (tertiary/aromatic N) is 2. The van der Waals surface area contributed by atoms with Crippen molar-refractivity contribution in [3.8, 4) is 5.75 Å². The number of benzene rings is 1. The highest BCUT2D eigenvalue weighted by molar-refractivity contribution is 9.13. The Kier molecular flexibility index (Phi) is 8.60. The average Bonchev–Trinajstić information content (AvgIpc) is 3.23. The van der Waals surface area contributed by atoms with Crippen molar-refractivity contribution in [3.63, 3.8) is 0 Å². The maximum Gasteiger partial charge on any atom is 0.267 e. The molecular weight excluding hydrogens is 526 g/mol. The lowest BCUT2D eigenvalue weighted by atomic mass is 10.2. The maximum absolute atomic E-state index is 12.7. The van der Waals surface area contributed by atoms with Crippen LogP contribution in [-0.4, -0.2) is 34.1 Å². The number of aryl methyl sites for hydroxylation is 1. The molecule has 7 nitrogen and oxygen atoms in total. The summed E-state index contributed by atoms with van der Waals surface area (Å²) < 4.78 is 8.78. The molecule has 0 aliphatic carbocycles. The van der Waals surface area contributed by atoms with E-state index >= 15 is 0 Å². The number of hydrogen-bond donors (Lipinski definition) is 3. The summed E-state index contributed by atoms with van der Waals surface area (Å²) in [6, 6.07) is 9.60. The number of aromatic amines is 1. The Morgan fingerprint density at radius 3 is 2.66 bits per heavy atom. The zero-order valence-corrected chi connectivity index (χ0v) is 19.7. The zero-order chi connectivity index (χ0) is 20.1. The minimum atomic E-state index is -0.121.